The van der Waals surface area contributed by atoms with Crippen LogP contribution in [0.1, 0.15) is 16.8 Å². The van der Waals surface area contributed by atoms with Crippen molar-refractivity contribution in [2.45, 2.75) is 19.6 Å². The summed E-state index contributed by atoms with van der Waals surface area (Å²) in [7, 11) is -2.32. The van der Waals surface area contributed by atoms with E-state index in [1.54, 1.807) is 18.5 Å². The first-order valence-corrected chi connectivity index (χ1v) is 13.6. The number of aromatic amines is 1. The zero-order chi connectivity index (χ0) is 27.5. The average Bonchev–Trinajstić information content (AvgIpc) is 2.98. The number of nitrogens with zero attached hydrogens (tertiary/aromatic N) is 3. The lowest BCUT2D eigenvalue weighted by Gasteiger charge is -2.12. The van der Waals surface area contributed by atoms with Gasteiger partial charge in [0.2, 0.25) is 5.56 Å². The molecule has 1 aliphatic rings. The van der Waals surface area contributed by atoms with E-state index >= 15 is 0 Å². The molecular formula is C30H22N4O5P+. The van der Waals surface area contributed by atoms with Crippen molar-refractivity contribution in [2.24, 2.45) is 4.99 Å². The van der Waals surface area contributed by atoms with Crippen molar-refractivity contribution >= 4 is 37.0 Å². The number of aromatic nitrogens is 3. The SMILES string of the molecule is O=C1C=Nc2c(-c3ccc(CO[P+](=O)OCc4ccc(-c5ccnc6[nH]c(=O)ccc56)cc4)cc3)ccnc2C1. The smallest absolute Gasteiger partial charge is 0.307 e. The summed E-state index contributed by atoms with van der Waals surface area (Å²) >= 11 is 0. The summed E-state index contributed by atoms with van der Waals surface area (Å²) in [5, 5.41) is 0.848. The molecule has 40 heavy (non-hydrogen) atoms. The van der Waals surface area contributed by atoms with Gasteiger partial charge in [0.05, 0.1) is 24.0 Å². The number of Topliss-reactive ketones (excluding diaryl/α,β-unsaturated/α-hetero) is 1. The zero-order valence-electron chi connectivity index (χ0n) is 21.1. The molecule has 0 saturated carbocycles. The fraction of sp³-hybridized carbons (Fsp3) is 0.100. The molecular weight excluding hydrogens is 527 g/mol. The van der Waals surface area contributed by atoms with Crippen LogP contribution in [0.25, 0.3) is 33.3 Å². The van der Waals surface area contributed by atoms with E-state index in [0.29, 0.717) is 17.0 Å². The van der Waals surface area contributed by atoms with Gasteiger partial charge in [-0.15, -0.1) is 9.05 Å². The summed E-state index contributed by atoms with van der Waals surface area (Å²) in [6, 6.07) is 22.3. The standard InChI is InChI=1S/C30H21N4O5P/c35-23-15-27-29(33-16-23)25(12-13-31-27)22-7-3-20(4-8-22)18-39-40(37)38-17-19-1-5-21(6-2-19)24-11-14-32-30-26(24)9-10-28(36)34-30/h1-14,16H,15,17-18H2/p+1. The van der Waals surface area contributed by atoms with Gasteiger partial charge in [-0.25, -0.2) is 4.98 Å². The van der Waals surface area contributed by atoms with Crippen molar-refractivity contribution in [3.8, 4) is 22.3 Å². The number of carbonyl (C=O) groups is 1. The highest BCUT2D eigenvalue weighted by molar-refractivity contribution is 7.33. The Hall–Kier alpha value is -4.69. The third-order valence-electron chi connectivity index (χ3n) is 6.52. The average molecular weight is 550 g/mol. The predicted octanol–water partition coefficient (Wildman–Crippen LogP) is 5.87. The monoisotopic (exact) mass is 549 g/mol. The van der Waals surface area contributed by atoms with Gasteiger partial charge in [-0.05, 0) is 46.0 Å². The fourth-order valence-electron chi connectivity index (χ4n) is 4.51. The van der Waals surface area contributed by atoms with E-state index in [1.165, 1.54) is 12.3 Å². The van der Waals surface area contributed by atoms with Crippen LogP contribution < -0.4 is 5.56 Å². The summed E-state index contributed by atoms with van der Waals surface area (Å²) in [5.41, 5.74) is 7.14. The van der Waals surface area contributed by atoms with E-state index in [0.717, 1.165) is 38.8 Å². The molecule has 0 saturated heterocycles. The van der Waals surface area contributed by atoms with Gasteiger partial charge in [0.15, 0.2) is 5.78 Å². The van der Waals surface area contributed by atoms with Gasteiger partial charge in [-0.3, -0.25) is 19.6 Å². The van der Waals surface area contributed by atoms with Crippen LogP contribution in [0.4, 0.5) is 5.69 Å². The van der Waals surface area contributed by atoms with Crippen LogP contribution in [-0.2, 0) is 38.0 Å². The zero-order valence-corrected chi connectivity index (χ0v) is 22.0. The predicted molar refractivity (Wildman–Crippen MR) is 152 cm³/mol. The topological polar surface area (TPSA) is 124 Å². The van der Waals surface area contributed by atoms with Crippen molar-refractivity contribution in [1.82, 2.24) is 15.0 Å². The number of rotatable bonds is 8. The Kier molecular flexibility index (Phi) is 7.16. The number of fused-ring (bicyclic) bond motifs is 2. The maximum Gasteiger partial charge on any atom is 0.698 e. The Bertz CT molecular complexity index is 1830. The summed E-state index contributed by atoms with van der Waals surface area (Å²) in [6.45, 7) is 0.266. The van der Waals surface area contributed by atoms with Gasteiger partial charge >= 0.3 is 8.25 Å². The first-order valence-electron chi connectivity index (χ1n) is 12.5. The van der Waals surface area contributed by atoms with Crippen molar-refractivity contribution in [2.75, 3.05) is 0 Å². The Morgan fingerprint density at radius 3 is 2.08 bits per heavy atom. The van der Waals surface area contributed by atoms with Gasteiger partial charge in [0.1, 0.15) is 18.9 Å². The van der Waals surface area contributed by atoms with E-state index in [2.05, 4.69) is 19.9 Å². The Morgan fingerprint density at radius 1 is 0.750 bits per heavy atom. The fourth-order valence-corrected chi connectivity index (χ4v) is 5.10. The normalized spacial score (nSPS) is 12.9. The van der Waals surface area contributed by atoms with E-state index in [9.17, 15) is 14.2 Å². The molecule has 0 radical (unpaired) electrons. The molecule has 0 aliphatic carbocycles. The molecule has 0 spiro atoms. The highest BCUT2D eigenvalue weighted by Gasteiger charge is 2.21. The van der Waals surface area contributed by atoms with Crippen molar-refractivity contribution < 1.29 is 18.4 Å². The Labute approximate surface area is 229 Å². The molecule has 5 aromatic rings. The number of hydrogen-bond acceptors (Lipinski definition) is 8. The van der Waals surface area contributed by atoms with Crippen molar-refractivity contribution in [1.29, 1.82) is 0 Å². The van der Waals surface area contributed by atoms with E-state index in [4.69, 9.17) is 9.05 Å². The summed E-state index contributed by atoms with van der Waals surface area (Å²) in [6.07, 6.45) is 4.93. The maximum absolute atomic E-state index is 12.3. The van der Waals surface area contributed by atoms with Crippen molar-refractivity contribution in [3.63, 3.8) is 0 Å². The highest BCUT2D eigenvalue weighted by Crippen LogP contribution is 2.35. The molecule has 0 amide bonds. The number of benzene rings is 2. The molecule has 10 heteroatoms. The van der Waals surface area contributed by atoms with Crippen LogP contribution in [0, 0.1) is 0 Å². The van der Waals surface area contributed by atoms with E-state index in [1.807, 2.05) is 60.7 Å². The second kappa shape index (κ2) is 11.2. The molecule has 9 nitrogen and oxygen atoms in total. The molecule has 0 bridgehead atoms. The number of pyridine rings is 3. The van der Waals surface area contributed by atoms with E-state index in [-0.39, 0.29) is 31.0 Å². The molecule has 196 valence electrons. The molecule has 4 heterocycles. The van der Waals surface area contributed by atoms with Crippen molar-refractivity contribution in [3.05, 3.63) is 112 Å². The van der Waals surface area contributed by atoms with E-state index < -0.39 is 8.25 Å². The second-order valence-electron chi connectivity index (χ2n) is 9.16. The summed E-state index contributed by atoms with van der Waals surface area (Å²) < 4.78 is 23.2. The van der Waals surface area contributed by atoms with Gasteiger partial charge in [-0.1, -0.05) is 48.5 Å². The van der Waals surface area contributed by atoms with Crippen LogP contribution in [0.5, 0.6) is 0 Å². The van der Waals surface area contributed by atoms with Crippen LogP contribution >= 0.6 is 8.25 Å². The van der Waals surface area contributed by atoms with Gasteiger partial charge in [-0.2, -0.15) is 0 Å². The minimum Gasteiger partial charge on any atom is -0.307 e. The minimum absolute atomic E-state index is 0.0590. The molecule has 0 fully saturated rings. The Balaban J connectivity index is 1.04. The lowest BCUT2D eigenvalue weighted by Crippen LogP contribution is -2.10. The molecule has 1 aliphatic heterocycles. The van der Waals surface area contributed by atoms with Crippen LogP contribution in [0.2, 0.25) is 0 Å². The molecule has 2 aromatic carbocycles. The number of ketones is 1. The number of H-pyrrole nitrogens is 1. The number of carbonyl (C=O) groups excluding carboxylic acids is 1. The van der Waals surface area contributed by atoms with Crippen LogP contribution in [-0.4, -0.2) is 26.9 Å². The lowest BCUT2D eigenvalue weighted by molar-refractivity contribution is -0.112. The molecule has 1 N–H and O–H groups in total. The first-order chi connectivity index (χ1) is 19.5. The molecule has 1 unspecified atom stereocenters. The van der Waals surface area contributed by atoms with Gasteiger partial charge < -0.3 is 4.98 Å². The van der Waals surface area contributed by atoms with Crippen LogP contribution in [0.3, 0.4) is 0 Å². The summed E-state index contributed by atoms with van der Waals surface area (Å²) in [5.74, 6) is -0.0590. The highest BCUT2D eigenvalue weighted by atomic mass is 31.1. The number of aliphatic imine (C=N–C) groups is 1. The third kappa shape index (κ3) is 5.53. The number of hydrogen-bond donors (Lipinski definition) is 1. The minimum atomic E-state index is -2.32. The van der Waals surface area contributed by atoms with Gasteiger partial charge in [0, 0.05) is 34.0 Å². The third-order valence-corrected chi connectivity index (χ3v) is 7.20. The Morgan fingerprint density at radius 2 is 1.38 bits per heavy atom. The maximum atomic E-state index is 12.3. The largest absolute Gasteiger partial charge is 0.698 e. The first kappa shape index (κ1) is 25.6. The summed E-state index contributed by atoms with van der Waals surface area (Å²) in [4.78, 5) is 38.8. The molecule has 6 rings (SSSR count). The molecule has 1 atom stereocenters. The van der Waals surface area contributed by atoms with Crippen LogP contribution in [0.15, 0.2) is 95.0 Å². The quantitative estimate of drug-likeness (QED) is 0.240. The van der Waals surface area contributed by atoms with Gasteiger partial charge in [0.25, 0.3) is 0 Å². The number of nitrogens with one attached hydrogen (secondary N) is 1. The lowest BCUT2D eigenvalue weighted by atomic mass is 9.99. The molecule has 3 aromatic heterocycles. The second-order valence-corrected chi connectivity index (χ2v) is 10.1.